The van der Waals surface area contributed by atoms with Crippen molar-refractivity contribution in [2.75, 3.05) is 27.3 Å². The molecule has 7 nitrogen and oxygen atoms in total. The fraction of sp³-hybridized carbons (Fsp3) is 0.471. The monoisotopic (exact) mass is 334 g/mol. The topological polar surface area (TPSA) is 84.9 Å². The Morgan fingerprint density at radius 3 is 2.71 bits per heavy atom. The molecular formula is C17H22N2O5. The number of methoxy groups -OCH3 is 1. The van der Waals surface area contributed by atoms with E-state index in [9.17, 15) is 14.4 Å². The van der Waals surface area contributed by atoms with Crippen LogP contribution in [0.4, 0.5) is 0 Å². The van der Waals surface area contributed by atoms with Crippen molar-refractivity contribution in [1.29, 1.82) is 0 Å². The van der Waals surface area contributed by atoms with Gasteiger partial charge in [-0.1, -0.05) is 12.1 Å². The van der Waals surface area contributed by atoms with Crippen molar-refractivity contribution in [3.05, 3.63) is 29.8 Å². The third-order valence-electron chi connectivity index (χ3n) is 3.59. The number of amides is 2. The Morgan fingerprint density at radius 2 is 2.04 bits per heavy atom. The Labute approximate surface area is 140 Å². The van der Waals surface area contributed by atoms with Gasteiger partial charge in [-0.3, -0.25) is 14.4 Å². The molecule has 0 atom stereocenters. The van der Waals surface area contributed by atoms with Crippen LogP contribution in [-0.2, 0) is 25.5 Å². The average molecular weight is 334 g/mol. The van der Waals surface area contributed by atoms with Crippen LogP contribution < -0.4 is 10.1 Å². The maximum atomic E-state index is 11.9. The van der Waals surface area contributed by atoms with Crippen molar-refractivity contribution < 1.29 is 23.9 Å². The molecule has 0 aliphatic heterocycles. The van der Waals surface area contributed by atoms with Crippen LogP contribution in [0.15, 0.2) is 24.3 Å². The van der Waals surface area contributed by atoms with Gasteiger partial charge in [-0.25, -0.2) is 0 Å². The van der Waals surface area contributed by atoms with Crippen molar-refractivity contribution in [1.82, 2.24) is 10.2 Å². The molecule has 0 heterocycles. The summed E-state index contributed by atoms with van der Waals surface area (Å²) in [6, 6.07) is 7.32. The van der Waals surface area contributed by atoms with Crippen LogP contribution in [0.1, 0.15) is 18.4 Å². The highest BCUT2D eigenvalue weighted by Crippen LogP contribution is 2.18. The van der Waals surface area contributed by atoms with Crippen molar-refractivity contribution in [2.45, 2.75) is 25.3 Å². The van der Waals surface area contributed by atoms with Crippen molar-refractivity contribution in [2.24, 2.45) is 0 Å². The molecule has 0 unspecified atom stereocenters. The van der Waals surface area contributed by atoms with E-state index in [2.05, 4.69) is 5.32 Å². The van der Waals surface area contributed by atoms with Gasteiger partial charge in [0.25, 0.3) is 5.91 Å². The van der Waals surface area contributed by atoms with Gasteiger partial charge in [0.2, 0.25) is 5.91 Å². The second-order valence-electron chi connectivity index (χ2n) is 5.78. The van der Waals surface area contributed by atoms with Crippen LogP contribution in [-0.4, -0.2) is 56.0 Å². The summed E-state index contributed by atoms with van der Waals surface area (Å²) >= 11 is 0. The molecule has 2 amide bonds. The Hall–Kier alpha value is -2.57. The lowest BCUT2D eigenvalue weighted by atomic mass is 10.1. The summed E-state index contributed by atoms with van der Waals surface area (Å²) in [7, 11) is 3.05. The lowest BCUT2D eigenvalue weighted by molar-refractivity contribution is -0.151. The Balaban J connectivity index is 1.71. The number of nitrogens with one attached hydrogen (secondary N) is 1. The molecule has 24 heavy (non-hydrogen) atoms. The van der Waals surface area contributed by atoms with Crippen LogP contribution in [0, 0.1) is 0 Å². The molecule has 1 aromatic carbocycles. The quantitative estimate of drug-likeness (QED) is 0.701. The highest BCUT2D eigenvalue weighted by molar-refractivity contribution is 5.86. The number of ether oxygens (including phenoxy) is 2. The number of hydrogen-bond donors (Lipinski definition) is 1. The van der Waals surface area contributed by atoms with Crippen LogP contribution in [0.2, 0.25) is 0 Å². The molecule has 1 aromatic rings. The molecule has 1 N–H and O–H groups in total. The van der Waals surface area contributed by atoms with Gasteiger partial charge >= 0.3 is 5.97 Å². The molecule has 130 valence electrons. The third-order valence-corrected chi connectivity index (χ3v) is 3.59. The lowest BCUT2D eigenvalue weighted by Gasteiger charge is -2.16. The summed E-state index contributed by atoms with van der Waals surface area (Å²) in [5.41, 5.74) is 0.740. The van der Waals surface area contributed by atoms with Gasteiger partial charge in [0, 0.05) is 13.1 Å². The van der Waals surface area contributed by atoms with E-state index in [-0.39, 0.29) is 31.5 Å². The molecule has 0 bridgehead atoms. The van der Waals surface area contributed by atoms with E-state index in [4.69, 9.17) is 9.47 Å². The molecule has 1 saturated carbocycles. The van der Waals surface area contributed by atoms with Crippen molar-refractivity contribution in [3.8, 4) is 5.75 Å². The maximum absolute atomic E-state index is 11.9. The molecule has 7 heteroatoms. The van der Waals surface area contributed by atoms with E-state index >= 15 is 0 Å². The van der Waals surface area contributed by atoms with E-state index in [0.717, 1.165) is 18.4 Å². The predicted molar refractivity (Wildman–Crippen MR) is 86.5 cm³/mol. The molecule has 0 aromatic heterocycles. The minimum absolute atomic E-state index is 0.0389. The predicted octanol–water partition coefficient (Wildman–Crippen LogP) is 0.518. The largest absolute Gasteiger partial charge is 0.497 e. The minimum atomic E-state index is -0.507. The number of hydrogen-bond acceptors (Lipinski definition) is 5. The first kappa shape index (κ1) is 17.8. The number of nitrogens with zero attached hydrogens (tertiary/aromatic N) is 1. The first-order chi connectivity index (χ1) is 11.5. The number of carbonyl (C=O) groups is 3. The van der Waals surface area contributed by atoms with Crippen LogP contribution >= 0.6 is 0 Å². The first-order valence-corrected chi connectivity index (χ1v) is 7.80. The number of rotatable bonds is 8. The highest BCUT2D eigenvalue weighted by atomic mass is 16.5. The second-order valence-corrected chi connectivity index (χ2v) is 5.78. The second kappa shape index (κ2) is 8.33. The Bertz CT molecular complexity index is 613. The van der Waals surface area contributed by atoms with Crippen LogP contribution in [0.3, 0.4) is 0 Å². The average Bonchev–Trinajstić information content (AvgIpc) is 3.36. The normalized spacial score (nSPS) is 13.1. The van der Waals surface area contributed by atoms with Gasteiger partial charge in [-0.2, -0.15) is 0 Å². The van der Waals surface area contributed by atoms with Gasteiger partial charge in [-0.05, 0) is 30.5 Å². The smallest absolute Gasteiger partial charge is 0.310 e. The number of benzene rings is 1. The van der Waals surface area contributed by atoms with Crippen molar-refractivity contribution in [3.63, 3.8) is 0 Å². The van der Waals surface area contributed by atoms with Crippen LogP contribution in [0.25, 0.3) is 0 Å². The zero-order valence-corrected chi connectivity index (χ0v) is 13.9. The molecule has 1 aliphatic carbocycles. The SMILES string of the molecule is COc1cccc(CC(=O)OCC(=O)N(C)CC(=O)NC2CC2)c1. The molecule has 0 spiro atoms. The molecule has 1 aliphatic rings. The molecular weight excluding hydrogens is 312 g/mol. The summed E-state index contributed by atoms with van der Waals surface area (Å²) in [6.45, 7) is -0.418. The summed E-state index contributed by atoms with van der Waals surface area (Å²) in [5.74, 6) is -0.471. The maximum Gasteiger partial charge on any atom is 0.310 e. The van der Waals surface area contributed by atoms with Gasteiger partial charge in [0.05, 0.1) is 20.1 Å². The molecule has 0 saturated heterocycles. The number of carbonyl (C=O) groups excluding carboxylic acids is 3. The van der Waals surface area contributed by atoms with Gasteiger partial charge in [-0.15, -0.1) is 0 Å². The Morgan fingerprint density at radius 1 is 1.29 bits per heavy atom. The minimum Gasteiger partial charge on any atom is -0.497 e. The molecule has 1 fully saturated rings. The van der Waals surface area contributed by atoms with E-state index in [1.54, 1.807) is 31.4 Å². The standard InChI is InChI=1S/C17H22N2O5/c1-19(10-15(20)18-13-6-7-13)16(21)11-24-17(22)9-12-4-3-5-14(8-12)23-2/h3-5,8,13H,6-7,9-11H2,1-2H3,(H,18,20). The third kappa shape index (κ3) is 5.91. The summed E-state index contributed by atoms with van der Waals surface area (Å²) in [4.78, 5) is 36.6. The van der Waals surface area contributed by atoms with Gasteiger partial charge in [0.1, 0.15) is 5.75 Å². The summed E-state index contributed by atoms with van der Waals surface area (Å²) in [5, 5.41) is 2.80. The summed E-state index contributed by atoms with van der Waals surface area (Å²) in [6.07, 6.45) is 2.03. The van der Waals surface area contributed by atoms with Crippen molar-refractivity contribution >= 4 is 17.8 Å². The van der Waals surface area contributed by atoms with E-state index < -0.39 is 11.9 Å². The van der Waals surface area contributed by atoms with E-state index in [1.807, 2.05) is 0 Å². The summed E-state index contributed by atoms with van der Waals surface area (Å²) < 4.78 is 10.1. The lowest BCUT2D eigenvalue weighted by Crippen LogP contribution is -2.40. The molecule has 2 rings (SSSR count). The molecule has 0 radical (unpaired) electrons. The number of esters is 1. The van der Waals surface area contributed by atoms with Crippen LogP contribution in [0.5, 0.6) is 5.75 Å². The number of likely N-dealkylation sites (N-methyl/N-ethyl adjacent to an activating group) is 1. The first-order valence-electron chi connectivity index (χ1n) is 7.80. The zero-order chi connectivity index (χ0) is 17.5. The Kier molecular flexibility index (Phi) is 6.17. The van der Waals surface area contributed by atoms with Gasteiger partial charge < -0.3 is 19.7 Å². The van der Waals surface area contributed by atoms with E-state index in [0.29, 0.717) is 5.75 Å². The highest BCUT2D eigenvalue weighted by Gasteiger charge is 2.24. The van der Waals surface area contributed by atoms with Gasteiger partial charge in [0.15, 0.2) is 6.61 Å². The zero-order valence-electron chi connectivity index (χ0n) is 13.9. The van der Waals surface area contributed by atoms with E-state index in [1.165, 1.54) is 11.9 Å². The fourth-order valence-corrected chi connectivity index (χ4v) is 2.06. The fourth-order valence-electron chi connectivity index (χ4n) is 2.06.